The molecule has 1 aromatic carbocycles. The highest BCUT2D eigenvalue weighted by Crippen LogP contribution is 2.06. The van der Waals surface area contributed by atoms with Crippen molar-refractivity contribution in [2.24, 2.45) is 0 Å². The number of benzene rings is 1. The van der Waals surface area contributed by atoms with E-state index >= 15 is 0 Å². The van der Waals surface area contributed by atoms with Gasteiger partial charge in [-0.3, -0.25) is 0 Å². The first-order valence-corrected chi connectivity index (χ1v) is 4.63. The summed E-state index contributed by atoms with van der Waals surface area (Å²) in [5, 5.41) is 8.37. The molecule has 14 heavy (non-hydrogen) atoms. The van der Waals surface area contributed by atoms with E-state index in [1.165, 1.54) is 17.2 Å². The van der Waals surface area contributed by atoms with Crippen LogP contribution in [0.25, 0.3) is 0 Å². The highest BCUT2D eigenvalue weighted by atomic mass is 16.4. The molecular formula is C12H14O2. The van der Waals surface area contributed by atoms with Gasteiger partial charge in [0, 0.05) is 6.08 Å². The van der Waals surface area contributed by atoms with Crippen molar-refractivity contribution in [3.63, 3.8) is 0 Å². The Morgan fingerprint density at radius 2 is 2.29 bits per heavy atom. The van der Waals surface area contributed by atoms with Crippen LogP contribution >= 0.6 is 0 Å². The number of carboxylic acids is 1. The van der Waals surface area contributed by atoms with Crippen molar-refractivity contribution in [3.8, 4) is 0 Å². The standard InChI is InChI=1S/C12H14O2/c1-10-5-4-7-11(9-10)6-2-3-8-12(13)14/h3-5,7-9H,2,6H2,1H3,(H,13,14). The lowest BCUT2D eigenvalue weighted by atomic mass is 10.1. The molecule has 0 aliphatic rings. The van der Waals surface area contributed by atoms with Gasteiger partial charge in [0.05, 0.1) is 0 Å². The SMILES string of the molecule is Cc1cccc(CCC=CC(=O)O)c1. The van der Waals surface area contributed by atoms with Crippen LogP contribution in [0.15, 0.2) is 36.4 Å². The predicted octanol–water partition coefficient (Wildman–Crippen LogP) is 2.57. The first-order chi connectivity index (χ1) is 6.68. The maximum Gasteiger partial charge on any atom is 0.327 e. The van der Waals surface area contributed by atoms with Crippen molar-refractivity contribution in [1.29, 1.82) is 0 Å². The van der Waals surface area contributed by atoms with E-state index in [0.717, 1.165) is 12.8 Å². The normalized spacial score (nSPS) is 10.6. The number of rotatable bonds is 4. The number of carboxylic acid groups (broad SMARTS) is 1. The Balaban J connectivity index is 2.42. The Labute approximate surface area is 83.9 Å². The van der Waals surface area contributed by atoms with Gasteiger partial charge in [-0.2, -0.15) is 0 Å². The van der Waals surface area contributed by atoms with Crippen molar-refractivity contribution in [3.05, 3.63) is 47.5 Å². The summed E-state index contributed by atoms with van der Waals surface area (Å²) in [5.74, 6) is -0.880. The molecule has 0 spiro atoms. The fourth-order valence-electron chi connectivity index (χ4n) is 1.30. The van der Waals surface area contributed by atoms with Crippen LogP contribution < -0.4 is 0 Å². The fourth-order valence-corrected chi connectivity index (χ4v) is 1.30. The van der Waals surface area contributed by atoms with Gasteiger partial charge in [-0.1, -0.05) is 35.9 Å². The van der Waals surface area contributed by atoms with Gasteiger partial charge in [0.15, 0.2) is 0 Å². The zero-order valence-electron chi connectivity index (χ0n) is 8.23. The van der Waals surface area contributed by atoms with E-state index in [4.69, 9.17) is 5.11 Å². The predicted molar refractivity (Wildman–Crippen MR) is 56.3 cm³/mol. The van der Waals surface area contributed by atoms with E-state index in [-0.39, 0.29) is 0 Å². The molecule has 1 N–H and O–H groups in total. The minimum atomic E-state index is -0.880. The molecule has 0 saturated heterocycles. The minimum absolute atomic E-state index is 0.774. The summed E-state index contributed by atoms with van der Waals surface area (Å²) in [7, 11) is 0. The van der Waals surface area contributed by atoms with Gasteiger partial charge in [-0.15, -0.1) is 0 Å². The summed E-state index contributed by atoms with van der Waals surface area (Å²) in [6.45, 7) is 2.05. The maximum absolute atomic E-state index is 10.2. The molecule has 2 nitrogen and oxygen atoms in total. The van der Waals surface area contributed by atoms with Gasteiger partial charge >= 0.3 is 5.97 Å². The van der Waals surface area contributed by atoms with Crippen LogP contribution in [0.3, 0.4) is 0 Å². The molecule has 0 amide bonds. The number of aliphatic carboxylic acids is 1. The molecule has 2 heteroatoms. The molecule has 0 aromatic heterocycles. The highest BCUT2D eigenvalue weighted by Gasteiger charge is 1.91. The van der Waals surface area contributed by atoms with Crippen molar-refractivity contribution in [2.45, 2.75) is 19.8 Å². The van der Waals surface area contributed by atoms with Crippen molar-refractivity contribution >= 4 is 5.97 Å². The second kappa shape index (κ2) is 5.22. The number of carbonyl (C=O) groups is 1. The van der Waals surface area contributed by atoms with Crippen LogP contribution in [0.1, 0.15) is 17.5 Å². The highest BCUT2D eigenvalue weighted by molar-refractivity contribution is 5.79. The van der Waals surface area contributed by atoms with Crippen LogP contribution in [0.2, 0.25) is 0 Å². The van der Waals surface area contributed by atoms with Crippen molar-refractivity contribution in [2.75, 3.05) is 0 Å². The summed E-state index contributed by atoms with van der Waals surface area (Å²) in [5.41, 5.74) is 2.49. The molecule has 0 unspecified atom stereocenters. The Bertz CT molecular complexity index is 340. The van der Waals surface area contributed by atoms with E-state index < -0.39 is 5.97 Å². The molecule has 0 saturated carbocycles. The average molecular weight is 190 g/mol. The summed E-state index contributed by atoms with van der Waals surface area (Å²) in [4.78, 5) is 10.2. The Hall–Kier alpha value is -1.57. The lowest BCUT2D eigenvalue weighted by molar-refractivity contribution is -0.131. The molecule has 0 bridgehead atoms. The van der Waals surface area contributed by atoms with Crippen LogP contribution in [0, 0.1) is 6.92 Å². The molecule has 74 valence electrons. The second-order valence-corrected chi connectivity index (χ2v) is 3.27. The Morgan fingerprint density at radius 1 is 1.50 bits per heavy atom. The Kier molecular flexibility index (Phi) is 3.92. The molecule has 0 fully saturated rings. The molecule has 1 rings (SSSR count). The molecular weight excluding hydrogens is 176 g/mol. The summed E-state index contributed by atoms with van der Waals surface area (Å²) >= 11 is 0. The molecule has 1 aromatic rings. The largest absolute Gasteiger partial charge is 0.478 e. The lowest BCUT2D eigenvalue weighted by Crippen LogP contribution is -1.87. The third-order valence-corrected chi connectivity index (χ3v) is 1.94. The first kappa shape index (κ1) is 10.5. The van der Waals surface area contributed by atoms with Gasteiger partial charge in [-0.25, -0.2) is 4.79 Å². The number of allylic oxidation sites excluding steroid dienone is 1. The van der Waals surface area contributed by atoms with Gasteiger partial charge in [0.1, 0.15) is 0 Å². The van der Waals surface area contributed by atoms with Gasteiger partial charge in [0.25, 0.3) is 0 Å². The third kappa shape index (κ3) is 3.90. The smallest absolute Gasteiger partial charge is 0.327 e. The zero-order chi connectivity index (χ0) is 10.4. The maximum atomic E-state index is 10.2. The van der Waals surface area contributed by atoms with Gasteiger partial charge in [-0.05, 0) is 25.3 Å². The van der Waals surface area contributed by atoms with E-state index in [0.29, 0.717) is 0 Å². The van der Waals surface area contributed by atoms with Crippen molar-refractivity contribution in [1.82, 2.24) is 0 Å². The van der Waals surface area contributed by atoms with Crippen LogP contribution in [0.4, 0.5) is 0 Å². The number of hydrogen-bond acceptors (Lipinski definition) is 1. The topological polar surface area (TPSA) is 37.3 Å². The first-order valence-electron chi connectivity index (χ1n) is 4.63. The molecule has 0 atom stereocenters. The second-order valence-electron chi connectivity index (χ2n) is 3.27. The van der Waals surface area contributed by atoms with E-state index in [2.05, 4.69) is 25.1 Å². The minimum Gasteiger partial charge on any atom is -0.478 e. The van der Waals surface area contributed by atoms with E-state index in [1.54, 1.807) is 6.08 Å². The number of hydrogen-bond donors (Lipinski definition) is 1. The van der Waals surface area contributed by atoms with Gasteiger partial charge in [0.2, 0.25) is 0 Å². The van der Waals surface area contributed by atoms with Crippen molar-refractivity contribution < 1.29 is 9.90 Å². The Morgan fingerprint density at radius 3 is 2.93 bits per heavy atom. The number of aryl methyl sites for hydroxylation is 2. The van der Waals surface area contributed by atoms with Gasteiger partial charge < -0.3 is 5.11 Å². The van der Waals surface area contributed by atoms with E-state index in [1.807, 2.05) is 6.07 Å². The summed E-state index contributed by atoms with van der Waals surface area (Å²) < 4.78 is 0. The summed E-state index contributed by atoms with van der Waals surface area (Å²) in [6, 6.07) is 8.25. The van der Waals surface area contributed by atoms with Crippen LogP contribution in [-0.2, 0) is 11.2 Å². The zero-order valence-corrected chi connectivity index (χ0v) is 8.23. The van der Waals surface area contributed by atoms with Crippen LogP contribution in [-0.4, -0.2) is 11.1 Å². The monoisotopic (exact) mass is 190 g/mol. The molecule has 0 radical (unpaired) electrons. The fraction of sp³-hybridized carbons (Fsp3) is 0.250. The van der Waals surface area contributed by atoms with Crippen LogP contribution in [0.5, 0.6) is 0 Å². The van der Waals surface area contributed by atoms with E-state index in [9.17, 15) is 4.79 Å². The molecule has 0 heterocycles. The average Bonchev–Trinajstić information content (AvgIpc) is 2.12. The molecule has 0 aliphatic carbocycles. The summed E-state index contributed by atoms with van der Waals surface area (Å²) in [6.07, 6.45) is 4.54. The lowest BCUT2D eigenvalue weighted by Gasteiger charge is -1.98. The molecule has 0 aliphatic heterocycles. The quantitative estimate of drug-likeness (QED) is 0.741. The third-order valence-electron chi connectivity index (χ3n) is 1.94.